The summed E-state index contributed by atoms with van der Waals surface area (Å²) in [5, 5.41) is 15.2. The fourth-order valence-electron chi connectivity index (χ4n) is 4.40. The van der Waals surface area contributed by atoms with Crippen LogP contribution in [0.25, 0.3) is 11.6 Å². The molecule has 1 unspecified atom stereocenters. The maximum Gasteiger partial charge on any atom is 0.248 e. The lowest BCUT2D eigenvalue weighted by molar-refractivity contribution is -0.0628. The Morgan fingerprint density at radius 2 is 2.07 bits per heavy atom. The van der Waals surface area contributed by atoms with E-state index in [-0.39, 0.29) is 18.8 Å². The molecule has 1 atom stereocenters. The second-order valence-electron chi connectivity index (χ2n) is 7.96. The molecular formula is C22H29F2N3O2. The predicted molar refractivity (Wildman–Crippen MR) is 111 cm³/mol. The van der Waals surface area contributed by atoms with Gasteiger partial charge in [-0.2, -0.15) is 0 Å². The number of alkyl halides is 2. The monoisotopic (exact) mass is 405 g/mol. The van der Waals surface area contributed by atoms with Crippen molar-refractivity contribution >= 4 is 24.2 Å². The van der Waals surface area contributed by atoms with E-state index in [0.717, 1.165) is 33.7 Å². The average Bonchev–Trinajstić information content (AvgIpc) is 3.20. The molecule has 0 saturated heterocycles. The van der Waals surface area contributed by atoms with E-state index in [2.05, 4.69) is 21.9 Å². The van der Waals surface area contributed by atoms with Crippen molar-refractivity contribution in [3.05, 3.63) is 33.8 Å². The highest BCUT2D eigenvalue weighted by Gasteiger charge is 2.39. The molecule has 2 N–H and O–H groups in total. The molecule has 1 fully saturated rings. The van der Waals surface area contributed by atoms with E-state index in [1.807, 2.05) is 33.8 Å². The highest BCUT2D eigenvalue weighted by molar-refractivity contribution is 5.86. The van der Waals surface area contributed by atoms with Gasteiger partial charge in [0, 0.05) is 35.2 Å². The minimum Gasteiger partial charge on any atom is -0.388 e. The smallest absolute Gasteiger partial charge is 0.248 e. The van der Waals surface area contributed by atoms with Crippen LogP contribution in [-0.4, -0.2) is 27.9 Å². The normalized spacial score (nSPS) is 18.8. The summed E-state index contributed by atoms with van der Waals surface area (Å²) >= 11 is 0. The van der Waals surface area contributed by atoms with Gasteiger partial charge in [0.1, 0.15) is 11.6 Å². The number of halogens is 2. The first-order valence-electron chi connectivity index (χ1n) is 10.1. The molecular weight excluding hydrogens is 376 g/mol. The van der Waals surface area contributed by atoms with Crippen LogP contribution in [0.2, 0.25) is 0 Å². The minimum atomic E-state index is -2.63. The molecule has 0 spiro atoms. The number of aromatic amines is 1. The van der Waals surface area contributed by atoms with Crippen LogP contribution in [0.15, 0.2) is 9.52 Å². The molecule has 5 nitrogen and oxygen atoms in total. The van der Waals surface area contributed by atoms with Gasteiger partial charge in [-0.15, -0.1) is 0 Å². The molecule has 2 aromatic rings. The van der Waals surface area contributed by atoms with E-state index < -0.39 is 12.0 Å². The second-order valence-corrected chi connectivity index (χ2v) is 7.96. The summed E-state index contributed by atoms with van der Waals surface area (Å²) in [5.41, 5.74) is 4.96. The molecule has 2 aromatic heterocycles. The maximum atomic E-state index is 13.6. The van der Waals surface area contributed by atoms with Crippen LogP contribution in [0.3, 0.4) is 0 Å². The first-order valence-corrected chi connectivity index (χ1v) is 10.1. The van der Waals surface area contributed by atoms with Crippen molar-refractivity contribution in [2.75, 3.05) is 0 Å². The van der Waals surface area contributed by atoms with E-state index in [1.54, 1.807) is 0 Å². The molecule has 1 saturated carbocycles. The van der Waals surface area contributed by atoms with Gasteiger partial charge in [-0.1, -0.05) is 12.1 Å². The molecule has 0 amide bonds. The highest BCUT2D eigenvalue weighted by atomic mass is 19.3. The first kappa shape index (κ1) is 21.4. The number of nitrogens with one attached hydrogen (secondary N) is 1. The SMILES string of the molecule is C=Nc1[nH]c(CC)c(C(O)C2CCC(F)(F)CC2)c1/C=C(\C)c1c(C)noc1C. The molecule has 2 heterocycles. The summed E-state index contributed by atoms with van der Waals surface area (Å²) in [5.74, 6) is -1.55. The molecule has 0 aromatic carbocycles. The fraction of sp³-hybridized carbons (Fsp3) is 0.545. The molecule has 0 radical (unpaired) electrons. The molecule has 0 bridgehead atoms. The third-order valence-corrected chi connectivity index (χ3v) is 5.94. The Labute approximate surface area is 169 Å². The van der Waals surface area contributed by atoms with Crippen LogP contribution < -0.4 is 0 Å². The van der Waals surface area contributed by atoms with Gasteiger partial charge in [-0.25, -0.2) is 13.8 Å². The maximum absolute atomic E-state index is 13.6. The van der Waals surface area contributed by atoms with E-state index in [0.29, 0.717) is 30.8 Å². The molecule has 1 aliphatic rings. The number of aliphatic hydroxyl groups is 1. The van der Waals surface area contributed by atoms with Crippen LogP contribution in [-0.2, 0) is 6.42 Å². The Morgan fingerprint density at radius 1 is 1.41 bits per heavy atom. The van der Waals surface area contributed by atoms with E-state index in [1.165, 1.54) is 0 Å². The molecule has 158 valence electrons. The summed E-state index contributed by atoms with van der Waals surface area (Å²) in [4.78, 5) is 7.35. The van der Waals surface area contributed by atoms with E-state index in [9.17, 15) is 13.9 Å². The summed E-state index contributed by atoms with van der Waals surface area (Å²) in [6, 6.07) is 0. The quantitative estimate of drug-likeness (QED) is 0.585. The number of aliphatic hydroxyl groups excluding tert-OH is 1. The van der Waals surface area contributed by atoms with Gasteiger partial charge in [0.2, 0.25) is 5.92 Å². The summed E-state index contributed by atoms with van der Waals surface area (Å²) in [6.45, 7) is 11.3. The third-order valence-electron chi connectivity index (χ3n) is 5.94. The number of H-pyrrole nitrogens is 1. The van der Waals surface area contributed by atoms with Crippen molar-refractivity contribution in [1.29, 1.82) is 0 Å². The number of allylic oxidation sites excluding steroid dienone is 1. The van der Waals surface area contributed by atoms with Crippen LogP contribution in [0.4, 0.5) is 14.6 Å². The highest BCUT2D eigenvalue weighted by Crippen LogP contribution is 2.44. The summed E-state index contributed by atoms with van der Waals surface area (Å²) in [6.07, 6.45) is 2.00. The number of aliphatic imine (C=N–C) groups is 1. The van der Waals surface area contributed by atoms with E-state index >= 15 is 0 Å². The fourth-order valence-corrected chi connectivity index (χ4v) is 4.40. The van der Waals surface area contributed by atoms with Gasteiger partial charge >= 0.3 is 0 Å². The number of hydrogen-bond acceptors (Lipinski definition) is 4. The zero-order chi connectivity index (χ0) is 21.3. The van der Waals surface area contributed by atoms with Gasteiger partial charge < -0.3 is 14.6 Å². The lowest BCUT2D eigenvalue weighted by Gasteiger charge is -2.31. The van der Waals surface area contributed by atoms with Crippen molar-refractivity contribution in [3.8, 4) is 0 Å². The van der Waals surface area contributed by atoms with Gasteiger partial charge in [0.05, 0.1) is 11.8 Å². The lowest BCUT2D eigenvalue weighted by Crippen LogP contribution is -2.28. The van der Waals surface area contributed by atoms with Gasteiger partial charge in [0.25, 0.3) is 0 Å². The van der Waals surface area contributed by atoms with Crippen LogP contribution in [0.1, 0.15) is 79.5 Å². The van der Waals surface area contributed by atoms with E-state index in [4.69, 9.17) is 4.52 Å². The Morgan fingerprint density at radius 3 is 2.59 bits per heavy atom. The molecule has 3 rings (SSSR count). The number of hydrogen-bond donors (Lipinski definition) is 2. The van der Waals surface area contributed by atoms with Crippen LogP contribution in [0.5, 0.6) is 0 Å². The van der Waals surface area contributed by atoms with Crippen molar-refractivity contribution in [3.63, 3.8) is 0 Å². The van der Waals surface area contributed by atoms with Crippen molar-refractivity contribution in [1.82, 2.24) is 10.1 Å². The molecule has 1 aliphatic carbocycles. The number of rotatable bonds is 6. The molecule has 0 aliphatic heterocycles. The molecule has 29 heavy (non-hydrogen) atoms. The first-order chi connectivity index (χ1) is 13.7. The van der Waals surface area contributed by atoms with Crippen molar-refractivity contribution in [2.24, 2.45) is 10.9 Å². The predicted octanol–water partition coefficient (Wildman–Crippen LogP) is 5.93. The van der Waals surface area contributed by atoms with Crippen LogP contribution in [0, 0.1) is 19.8 Å². The van der Waals surface area contributed by atoms with Gasteiger partial charge in [-0.05, 0) is 64.3 Å². The Kier molecular flexibility index (Phi) is 6.08. The molecule has 7 heteroatoms. The van der Waals surface area contributed by atoms with Gasteiger partial charge in [0.15, 0.2) is 0 Å². The average molecular weight is 405 g/mol. The topological polar surface area (TPSA) is 74.4 Å². The van der Waals surface area contributed by atoms with Gasteiger partial charge in [-0.3, -0.25) is 0 Å². The lowest BCUT2D eigenvalue weighted by atomic mass is 9.80. The standard InChI is InChI=1S/C22H29F2N3O2/c1-6-17-19(20(28)15-7-9-22(23,24)10-8-15)16(21(25-5)26-17)11-12(2)18-13(3)27-29-14(18)4/h11,15,20,26,28H,5-10H2,1-4H3/b12-11+. The Hall–Kier alpha value is -2.28. The summed E-state index contributed by atoms with van der Waals surface area (Å²) < 4.78 is 32.5. The minimum absolute atomic E-state index is 0.184. The van der Waals surface area contributed by atoms with Crippen molar-refractivity contribution in [2.45, 2.75) is 71.8 Å². The zero-order valence-electron chi connectivity index (χ0n) is 17.5. The Bertz CT molecular complexity index is 897. The largest absolute Gasteiger partial charge is 0.388 e. The summed E-state index contributed by atoms with van der Waals surface area (Å²) in [7, 11) is 0. The zero-order valence-corrected chi connectivity index (χ0v) is 17.5. The number of nitrogens with zero attached hydrogens (tertiary/aromatic N) is 2. The van der Waals surface area contributed by atoms with Crippen molar-refractivity contribution < 1.29 is 18.4 Å². The number of aryl methyl sites for hydroxylation is 3. The number of aromatic nitrogens is 2. The Balaban J connectivity index is 2.04. The van der Waals surface area contributed by atoms with Crippen LogP contribution >= 0.6 is 0 Å². The third kappa shape index (κ3) is 4.20. The second kappa shape index (κ2) is 8.22.